The Morgan fingerprint density at radius 3 is 2.00 bits per heavy atom. The first kappa shape index (κ1) is 6.83. The van der Waals surface area contributed by atoms with Crippen LogP contribution in [0.3, 0.4) is 0 Å². The molecule has 6 heteroatoms. The first-order chi connectivity index (χ1) is 3.12. The summed E-state index contributed by atoms with van der Waals surface area (Å²) in [4.78, 5) is 0. The zero-order valence-corrected chi connectivity index (χ0v) is 4.44. The van der Waals surface area contributed by atoms with Crippen molar-refractivity contribution in [3.8, 4) is 0 Å². The van der Waals surface area contributed by atoms with Crippen LogP contribution >= 0.6 is 0 Å². The van der Waals surface area contributed by atoms with Crippen LogP contribution in [0.2, 0.25) is 0 Å². The van der Waals surface area contributed by atoms with Crippen LogP contribution < -0.4 is 5.90 Å². The average molecular weight is 127 g/mol. The average Bonchev–Trinajstić information content (AvgIpc) is 1.68. The Morgan fingerprint density at radius 2 is 2.00 bits per heavy atom. The van der Waals surface area contributed by atoms with Crippen LogP contribution in [0.5, 0.6) is 0 Å². The van der Waals surface area contributed by atoms with Crippen molar-refractivity contribution in [1.29, 1.82) is 0 Å². The second-order valence-electron chi connectivity index (χ2n) is 0.671. The highest BCUT2D eigenvalue weighted by molar-refractivity contribution is 7.81. The predicted octanol–water partition coefficient (Wildman–Crippen LogP) is -1.23. The largest absolute Gasteiger partial charge is 0.415 e. The summed E-state index contributed by atoms with van der Waals surface area (Å²) in [6.07, 6.45) is 0. The van der Waals surface area contributed by atoms with Crippen molar-refractivity contribution in [2.45, 2.75) is 0 Å². The quantitative estimate of drug-likeness (QED) is 0.470. The lowest BCUT2D eigenvalue weighted by atomic mass is 11.8. The molecule has 0 aliphatic carbocycles. The third-order valence-corrected chi connectivity index (χ3v) is 0.966. The molecular formula is CH5NO4S. The van der Waals surface area contributed by atoms with E-state index in [2.05, 4.69) is 14.4 Å². The minimum atomic E-state index is -3.88. The fraction of sp³-hybridized carbons (Fsp3) is 1.00. The SMILES string of the molecule is COS(=O)(=O)ON. The van der Waals surface area contributed by atoms with E-state index in [0.717, 1.165) is 7.11 Å². The second kappa shape index (κ2) is 2.22. The first-order valence-corrected chi connectivity index (χ1v) is 2.64. The van der Waals surface area contributed by atoms with Crippen LogP contribution in [0, 0.1) is 0 Å². The number of hydrogen-bond donors (Lipinski definition) is 1. The summed E-state index contributed by atoms with van der Waals surface area (Å²) < 4.78 is 26.6. The van der Waals surface area contributed by atoms with Gasteiger partial charge in [0.2, 0.25) is 0 Å². The summed E-state index contributed by atoms with van der Waals surface area (Å²) in [7, 11) is -2.93. The normalized spacial score (nSPS) is 11.7. The summed E-state index contributed by atoms with van der Waals surface area (Å²) >= 11 is 0. The molecule has 0 spiro atoms. The monoisotopic (exact) mass is 127 g/mol. The standard InChI is InChI=1S/CH5NO4S/c1-5-7(3,4)6-2/h2H2,1H3. The van der Waals surface area contributed by atoms with E-state index in [4.69, 9.17) is 0 Å². The second-order valence-corrected chi connectivity index (χ2v) is 2.01. The van der Waals surface area contributed by atoms with Crippen LogP contribution in [-0.4, -0.2) is 15.5 Å². The van der Waals surface area contributed by atoms with Gasteiger partial charge in [-0.2, -0.15) is 18.6 Å². The third kappa shape index (κ3) is 2.52. The molecule has 5 nitrogen and oxygen atoms in total. The third-order valence-electron chi connectivity index (χ3n) is 0.322. The minimum Gasteiger partial charge on any atom is -0.250 e. The summed E-state index contributed by atoms with van der Waals surface area (Å²) in [5.74, 6) is 4.20. The molecule has 0 aromatic heterocycles. The van der Waals surface area contributed by atoms with Crippen LogP contribution in [-0.2, 0) is 18.9 Å². The highest BCUT2D eigenvalue weighted by Gasteiger charge is 2.02. The van der Waals surface area contributed by atoms with Crippen molar-refractivity contribution < 1.29 is 16.9 Å². The van der Waals surface area contributed by atoms with Gasteiger partial charge in [-0.15, -0.1) is 0 Å². The zero-order valence-electron chi connectivity index (χ0n) is 3.62. The van der Waals surface area contributed by atoms with Crippen molar-refractivity contribution in [2.75, 3.05) is 7.11 Å². The van der Waals surface area contributed by atoms with E-state index in [1.807, 2.05) is 0 Å². The van der Waals surface area contributed by atoms with E-state index in [0.29, 0.717) is 0 Å². The molecule has 7 heavy (non-hydrogen) atoms. The van der Waals surface area contributed by atoms with Gasteiger partial charge in [-0.05, 0) is 0 Å². The lowest BCUT2D eigenvalue weighted by molar-refractivity contribution is 0.250. The molecule has 0 bridgehead atoms. The molecular weight excluding hydrogens is 122 g/mol. The van der Waals surface area contributed by atoms with Gasteiger partial charge in [0.25, 0.3) is 0 Å². The summed E-state index contributed by atoms with van der Waals surface area (Å²) in [6.45, 7) is 0. The van der Waals surface area contributed by atoms with Crippen molar-refractivity contribution in [3.05, 3.63) is 0 Å². The molecule has 2 N–H and O–H groups in total. The van der Waals surface area contributed by atoms with Gasteiger partial charge in [-0.3, -0.25) is 4.18 Å². The Morgan fingerprint density at radius 1 is 1.57 bits per heavy atom. The molecule has 0 aliphatic rings. The fourth-order valence-electron chi connectivity index (χ4n) is 0.0393. The smallest absolute Gasteiger partial charge is 0.250 e. The highest BCUT2D eigenvalue weighted by Crippen LogP contribution is 1.83. The van der Waals surface area contributed by atoms with E-state index in [9.17, 15) is 8.42 Å². The van der Waals surface area contributed by atoms with Gasteiger partial charge in [0.15, 0.2) is 0 Å². The number of nitrogens with two attached hydrogens (primary N) is 1. The minimum absolute atomic E-state index is 0.947. The Labute approximate surface area is 41.3 Å². The maximum Gasteiger partial charge on any atom is 0.415 e. The Bertz CT molecular complexity index is 115. The first-order valence-electron chi connectivity index (χ1n) is 1.31. The van der Waals surface area contributed by atoms with Gasteiger partial charge in [0.1, 0.15) is 0 Å². The van der Waals surface area contributed by atoms with Crippen LogP contribution in [0.1, 0.15) is 0 Å². The van der Waals surface area contributed by atoms with Crippen molar-refractivity contribution in [1.82, 2.24) is 0 Å². The fourth-order valence-corrected chi connectivity index (χ4v) is 0.118. The molecule has 0 saturated heterocycles. The van der Waals surface area contributed by atoms with Crippen LogP contribution in [0.25, 0.3) is 0 Å². The maximum absolute atomic E-state index is 9.80. The highest BCUT2D eigenvalue weighted by atomic mass is 32.3. The molecule has 0 fully saturated rings. The van der Waals surface area contributed by atoms with Gasteiger partial charge in [0.05, 0.1) is 7.11 Å². The molecule has 0 radical (unpaired) electrons. The molecule has 44 valence electrons. The van der Waals surface area contributed by atoms with Crippen LogP contribution in [0.15, 0.2) is 0 Å². The molecule has 0 aliphatic heterocycles. The van der Waals surface area contributed by atoms with E-state index in [1.54, 1.807) is 0 Å². The predicted molar refractivity (Wildman–Crippen MR) is 21.2 cm³/mol. The van der Waals surface area contributed by atoms with E-state index >= 15 is 0 Å². The molecule has 0 aromatic rings. The Balaban J connectivity index is 3.89. The van der Waals surface area contributed by atoms with Gasteiger partial charge in [-0.1, -0.05) is 0 Å². The Hall–Kier alpha value is -0.170. The molecule has 0 rings (SSSR count). The zero-order chi connectivity index (χ0) is 5.91. The number of rotatable bonds is 2. The van der Waals surface area contributed by atoms with E-state index in [-0.39, 0.29) is 0 Å². The van der Waals surface area contributed by atoms with Crippen molar-refractivity contribution in [2.24, 2.45) is 5.90 Å². The van der Waals surface area contributed by atoms with Gasteiger partial charge in [0, 0.05) is 0 Å². The lowest BCUT2D eigenvalue weighted by Gasteiger charge is -1.90. The van der Waals surface area contributed by atoms with Crippen molar-refractivity contribution in [3.63, 3.8) is 0 Å². The van der Waals surface area contributed by atoms with E-state index < -0.39 is 10.4 Å². The summed E-state index contributed by atoms with van der Waals surface area (Å²) in [6, 6.07) is 0. The van der Waals surface area contributed by atoms with Crippen molar-refractivity contribution >= 4 is 10.4 Å². The summed E-state index contributed by atoms with van der Waals surface area (Å²) in [5, 5.41) is 0. The molecule has 0 saturated carbocycles. The van der Waals surface area contributed by atoms with Crippen LogP contribution in [0.4, 0.5) is 0 Å². The molecule has 0 atom stereocenters. The Kier molecular flexibility index (Phi) is 2.16. The van der Waals surface area contributed by atoms with Gasteiger partial charge in [-0.25, -0.2) is 0 Å². The lowest BCUT2D eigenvalue weighted by Crippen LogP contribution is -2.11. The number of hydrogen-bond acceptors (Lipinski definition) is 5. The topological polar surface area (TPSA) is 78.6 Å². The maximum atomic E-state index is 9.80. The van der Waals surface area contributed by atoms with E-state index in [1.165, 1.54) is 0 Å². The molecule has 0 heterocycles. The summed E-state index contributed by atoms with van der Waals surface area (Å²) in [5.41, 5.74) is 0. The molecule has 0 unspecified atom stereocenters. The van der Waals surface area contributed by atoms with Gasteiger partial charge >= 0.3 is 10.4 Å². The van der Waals surface area contributed by atoms with Gasteiger partial charge < -0.3 is 0 Å². The molecule has 0 aromatic carbocycles. The molecule has 0 amide bonds.